The normalized spacial score (nSPS) is 11.4. The van der Waals surface area contributed by atoms with Gasteiger partial charge in [0, 0.05) is 37.1 Å². The molecule has 0 aliphatic heterocycles. The number of hydrogen-bond donors (Lipinski definition) is 0. The van der Waals surface area contributed by atoms with Gasteiger partial charge in [-0.3, -0.25) is 0 Å². The first-order chi connectivity index (χ1) is 28.8. The van der Waals surface area contributed by atoms with Gasteiger partial charge in [0.05, 0.1) is 5.69 Å². The van der Waals surface area contributed by atoms with E-state index in [9.17, 15) is 0 Å². The van der Waals surface area contributed by atoms with Gasteiger partial charge in [0.1, 0.15) is 0 Å². The fourth-order valence-electron chi connectivity index (χ4n) is 8.80. The number of hydrogen-bond acceptors (Lipinski definition) is 2. The minimum Gasteiger partial charge on any atom is -0.310 e. The van der Waals surface area contributed by atoms with Crippen LogP contribution in [-0.2, 0) is 0 Å². The minimum absolute atomic E-state index is 1.09. The zero-order chi connectivity index (χ0) is 38.4. The third kappa shape index (κ3) is 5.86. The van der Waals surface area contributed by atoms with Crippen LogP contribution < -0.4 is 4.90 Å². The maximum atomic E-state index is 2.47. The van der Waals surface area contributed by atoms with Crippen molar-refractivity contribution in [3.05, 3.63) is 224 Å². The highest BCUT2D eigenvalue weighted by molar-refractivity contribution is 7.25. The molecular weight excluding hydrogens is 719 g/mol. The third-order valence-corrected chi connectivity index (χ3v) is 12.6. The van der Waals surface area contributed by atoms with Crippen LogP contribution >= 0.6 is 11.3 Å². The van der Waals surface area contributed by atoms with Gasteiger partial charge in [0.2, 0.25) is 0 Å². The molecular formula is C56H37NS. The molecule has 11 aromatic rings. The number of rotatable bonds is 7. The maximum Gasteiger partial charge on any atom is 0.0546 e. The standard InChI is InChI=1S/C56H37NS/c1-3-16-38(17-4-1)44-21-9-12-26-50(44)56-46(39-18-5-2-6-19-39)27-15-28-53(56)57(43-34-35-55-52(37-43)49-25-13-14-29-54(49)58-55)42-32-30-40(31-33-42)51-36-41-20-7-8-22-45(41)47-23-10-11-24-48(47)51/h1-37H. The van der Waals surface area contributed by atoms with Gasteiger partial charge < -0.3 is 4.90 Å². The van der Waals surface area contributed by atoms with E-state index in [-0.39, 0.29) is 0 Å². The van der Waals surface area contributed by atoms with E-state index in [2.05, 4.69) is 229 Å². The van der Waals surface area contributed by atoms with Gasteiger partial charge in [-0.15, -0.1) is 11.3 Å². The van der Waals surface area contributed by atoms with Crippen LogP contribution in [0, 0.1) is 0 Å². The Morgan fingerprint density at radius 3 is 1.62 bits per heavy atom. The van der Waals surface area contributed by atoms with Crippen molar-refractivity contribution < 1.29 is 0 Å². The Morgan fingerprint density at radius 2 is 0.845 bits per heavy atom. The molecule has 1 nitrogen and oxygen atoms in total. The molecule has 1 heterocycles. The van der Waals surface area contributed by atoms with E-state index in [0.29, 0.717) is 0 Å². The Hall–Kier alpha value is -7.26. The number of benzene rings is 10. The maximum absolute atomic E-state index is 2.47. The van der Waals surface area contributed by atoms with Crippen molar-refractivity contribution in [2.24, 2.45) is 0 Å². The fraction of sp³-hybridized carbons (Fsp3) is 0. The van der Waals surface area contributed by atoms with Crippen LogP contribution in [-0.4, -0.2) is 0 Å². The number of fused-ring (bicyclic) bond motifs is 6. The first-order valence-corrected chi connectivity index (χ1v) is 20.7. The molecule has 58 heavy (non-hydrogen) atoms. The smallest absolute Gasteiger partial charge is 0.0546 e. The molecule has 272 valence electrons. The lowest BCUT2D eigenvalue weighted by molar-refractivity contribution is 1.29. The first-order valence-electron chi connectivity index (χ1n) is 19.8. The zero-order valence-electron chi connectivity index (χ0n) is 31.7. The summed E-state index contributed by atoms with van der Waals surface area (Å²) in [7, 11) is 0. The van der Waals surface area contributed by atoms with Crippen LogP contribution in [0.15, 0.2) is 224 Å². The van der Waals surface area contributed by atoms with Crippen LogP contribution in [0.2, 0.25) is 0 Å². The van der Waals surface area contributed by atoms with Gasteiger partial charge in [0.15, 0.2) is 0 Å². The van der Waals surface area contributed by atoms with Crippen LogP contribution in [0.25, 0.3) is 86.2 Å². The van der Waals surface area contributed by atoms with Crippen molar-refractivity contribution in [2.75, 3.05) is 4.90 Å². The summed E-state index contributed by atoms with van der Waals surface area (Å²) in [6.07, 6.45) is 0. The summed E-state index contributed by atoms with van der Waals surface area (Å²) in [6.45, 7) is 0. The van der Waals surface area contributed by atoms with E-state index in [4.69, 9.17) is 0 Å². The van der Waals surface area contributed by atoms with Gasteiger partial charge in [0.25, 0.3) is 0 Å². The number of nitrogens with zero attached hydrogens (tertiary/aromatic N) is 1. The van der Waals surface area contributed by atoms with Gasteiger partial charge in [-0.2, -0.15) is 0 Å². The largest absolute Gasteiger partial charge is 0.310 e. The van der Waals surface area contributed by atoms with Crippen molar-refractivity contribution in [1.82, 2.24) is 0 Å². The predicted octanol–water partition coefficient (Wildman–Crippen LogP) is 16.5. The average molecular weight is 756 g/mol. The third-order valence-electron chi connectivity index (χ3n) is 11.5. The number of anilines is 3. The second kappa shape index (κ2) is 14.4. The predicted molar refractivity (Wildman–Crippen MR) is 251 cm³/mol. The van der Waals surface area contributed by atoms with Crippen molar-refractivity contribution in [1.29, 1.82) is 0 Å². The molecule has 11 rings (SSSR count). The summed E-state index contributed by atoms with van der Waals surface area (Å²) in [5.41, 5.74) is 12.9. The van der Waals surface area contributed by atoms with Gasteiger partial charge in [-0.25, -0.2) is 0 Å². The molecule has 0 atom stereocenters. The second-order valence-corrected chi connectivity index (χ2v) is 15.9. The molecule has 0 N–H and O–H groups in total. The van der Waals surface area contributed by atoms with Crippen molar-refractivity contribution >= 4 is 70.1 Å². The Kier molecular flexibility index (Phi) is 8.42. The van der Waals surface area contributed by atoms with Crippen LogP contribution in [0.3, 0.4) is 0 Å². The molecule has 0 aliphatic carbocycles. The Labute approximate surface area is 342 Å². The monoisotopic (exact) mass is 755 g/mol. The lowest BCUT2D eigenvalue weighted by Crippen LogP contribution is -2.12. The van der Waals surface area contributed by atoms with Crippen LogP contribution in [0.1, 0.15) is 0 Å². The summed E-state index contributed by atoms with van der Waals surface area (Å²) >= 11 is 1.86. The Morgan fingerprint density at radius 1 is 0.293 bits per heavy atom. The lowest BCUT2D eigenvalue weighted by Gasteiger charge is -2.30. The molecule has 0 aliphatic rings. The highest BCUT2D eigenvalue weighted by Crippen LogP contribution is 2.49. The molecule has 0 amide bonds. The zero-order valence-corrected chi connectivity index (χ0v) is 32.5. The van der Waals surface area contributed by atoms with E-state index in [1.165, 1.54) is 86.2 Å². The number of thiophene rings is 1. The molecule has 1 aromatic heterocycles. The highest BCUT2D eigenvalue weighted by Gasteiger charge is 2.23. The quantitative estimate of drug-likeness (QED) is 0.146. The Balaban J connectivity index is 1.17. The van der Waals surface area contributed by atoms with Gasteiger partial charge >= 0.3 is 0 Å². The summed E-state index contributed by atoms with van der Waals surface area (Å²) in [4.78, 5) is 2.47. The van der Waals surface area contributed by atoms with Crippen molar-refractivity contribution in [2.45, 2.75) is 0 Å². The van der Waals surface area contributed by atoms with Crippen LogP contribution in [0.4, 0.5) is 17.1 Å². The first kappa shape index (κ1) is 34.0. The lowest BCUT2D eigenvalue weighted by atomic mass is 9.87. The summed E-state index contributed by atoms with van der Waals surface area (Å²) in [5.74, 6) is 0. The van der Waals surface area contributed by atoms with Gasteiger partial charge in [-0.05, 0) is 109 Å². The molecule has 2 heteroatoms. The van der Waals surface area contributed by atoms with E-state index in [0.717, 1.165) is 17.1 Å². The minimum atomic E-state index is 1.09. The molecule has 0 radical (unpaired) electrons. The van der Waals surface area contributed by atoms with E-state index in [1.54, 1.807) is 0 Å². The van der Waals surface area contributed by atoms with Crippen molar-refractivity contribution in [3.8, 4) is 44.5 Å². The molecule has 0 saturated carbocycles. The van der Waals surface area contributed by atoms with Crippen LogP contribution in [0.5, 0.6) is 0 Å². The summed E-state index contributed by atoms with van der Waals surface area (Å²) < 4.78 is 2.59. The Bertz CT molecular complexity index is 3270. The fourth-order valence-corrected chi connectivity index (χ4v) is 9.89. The summed E-state index contributed by atoms with van der Waals surface area (Å²) in [6, 6.07) is 82.1. The van der Waals surface area contributed by atoms with E-state index in [1.807, 2.05) is 11.3 Å². The van der Waals surface area contributed by atoms with Gasteiger partial charge in [-0.1, -0.05) is 176 Å². The molecule has 10 aromatic carbocycles. The van der Waals surface area contributed by atoms with E-state index < -0.39 is 0 Å². The topological polar surface area (TPSA) is 3.24 Å². The van der Waals surface area contributed by atoms with E-state index >= 15 is 0 Å². The SMILES string of the molecule is c1ccc(-c2ccccc2-c2c(-c3ccccc3)cccc2N(c2ccc(-c3cc4ccccc4c4ccccc34)cc2)c2ccc3sc4ccccc4c3c2)cc1. The highest BCUT2D eigenvalue weighted by atomic mass is 32.1. The average Bonchev–Trinajstić information content (AvgIpc) is 3.68. The molecule has 0 saturated heterocycles. The summed E-state index contributed by atoms with van der Waals surface area (Å²) in [5, 5.41) is 7.62. The molecule has 0 fully saturated rings. The molecule has 0 spiro atoms. The van der Waals surface area contributed by atoms with Crippen molar-refractivity contribution in [3.63, 3.8) is 0 Å². The second-order valence-electron chi connectivity index (χ2n) is 14.8. The molecule has 0 unspecified atom stereocenters. The molecule has 0 bridgehead atoms.